The standard InChI is InChI=1S/3C8H10N2O2.Fe/c3*1-5-6-3-2-4-7(6)10(12)8(11)9-5;/h3*12H,2-4H2,1H3;. The summed E-state index contributed by atoms with van der Waals surface area (Å²) < 4.78 is 2.03. The van der Waals surface area contributed by atoms with Gasteiger partial charge in [-0.25, -0.2) is 14.4 Å². The van der Waals surface area contributed by atoms with E-state index in [-0.39, 0.29) is 17.1 Å². The van der Waals surface area contributed by atoms with Gasteiger partial charge in [0, 0.05) is 34.2 Å². The third kappa shape index (κ3) is 5.47. The normalized spacial score (nSPS) is 14.4. The van der Waals surface area contributed by atoms with E-state index in [2.05, 4.69) is 15.0 Å². The molecule has 13 heteroatoms. The van der Waals surface area contributed by atoms with Crippen LogP contribution in [0, 0.1) is 20.8 Å². The minimum atomic E-state index is -0.562. The van der Waals surface area contributed by atoms with Crippen LogP contribution in [0.15, 0.2) is 14.4 Å². The second-order valence-corrected chi connectivity index (χ2v) is 9.21. The van der Waals surface area contributed by atoms with Crippen molar-refractivity contribution < 1.29 is 32.7 Å². The fourth-order valence-electron chi connectivity index (χ4n) is 5.18. The van der Waals surface area contributed by atoms with E-state index in [4.69, 9.17) is 0 Å². The molecule has 3 N–H and O–H groups in total. The fraction of sp³-hybridized carbons (Fsp3) is 0.500. The second-order valence-electron chi connectivity index (χ2n) is 9.21. The molecule has 6 rings (SSSR count). The topological polar surface area (TPSA) is 165 Å². The zero-order chi connectivity index (χ0) is 26.1. The van der Waals surface area contributed by atoms with Crippen LogP contribution < -0.4 is 17.1 Å². The maximum Gasteiger partial charge on any atom is 0.380 e. The molecule has 0 atom stereocenters. The van der Waals surface area contributed by atoms with Crippen LogP contribution in [0.5, 0.6) is 0 Å². The predicted molar refractivity (Wildman–Crippen MR) is 127 cm³/mol. The van der Waals surface area contributed by atoms with Crippen molar-refractivity contribution in [2.45, 2.75) is 78.6 Å². The number of aromatic nitrogens is 6. The van der Waals surface area contributed by atoms with Crippen LogP contribution in [0.1, 0.15) is 70.1 Å². The van der Waals surface area contributed by atoms with Crippen LogP contribution in [0.4, 0.5) is 0 Å². The van der Waals surface area contributed by atoms with Crippen molar-refractivity contribution in [2.75, 3.05) is 0 Å². The van der Waals surface area contributed by atoms with Crippen molar-refractivity contribution in [1.82, 2.24) is 29.1 Å². The average molecular weight is 554 g/mol. The molecule has 3 aromatic rings. The van der Waals surface area contributed by atoms with Gasteiger partial charge in [0.1, 0.15) is 0 Å². The summed E-state index contributed by atoms with van der Waals surface area (Å²) in [5.41, 5.74) is 5.95. The summed E-state index contributed by atoms with van der Waals surface area (Å²) in [6.07, 6.45) is 8.13. The average Bonchev–Trinajstić information content (AvgIpc) is 3.61. The van der Waals surface area contributed by atoms with E-state index in [0.29, 0.717) is 14.2 Å². The van der Waals surface area contributed by atoms with Gasteiger partial charge in [-0.1, -0.05) is 0 Å². The summed E-state index contributed by atoms with van der Waals surface area (Å²) in [4.78, 5) is 44.1. The van der Waals surface area contributed by atoms with Crippen LogP contribution in [-0.4, -0.2) is 44.8 Å². The molecule has 200 valence electrons. The number of fused-ring (bicyclic) bond motifs is 3. The Kier molecular flexibility index (Phi) is 8.60. The predicted octanol–water partition coefficient (Wildman–Crippen LogP) is 0.831. The maximum atomic E-state index is 11.0. The first-order chi connectivity index (χ1) is 17.1. The first-order valence-electron chi connectivity index (χ1n) is 12.0. The maximum absolute atomic E-state index is 11.0. The second kappa shape index (κ2) is 11.3. The SMILES string of the molecule is Cc1nc(=O)n(O)c2c1CCC2.Cc1nc(=O)n(O)c2c1CCC2.Cc1nc(=O)n(O)c2c1CCC2.[Fe]. The largest absolute Gasteiger partial charge is 0.424 e. The number of hydrogen-bond acceptors (Lipinski definition) is 9. The van der Waals surface area contributed by atoms with E-state index in [1.165, 1.54) is 0 Å². The van der Waals surface area contributed by atoms with Gasteiger partial charge in [-0.3, -0.25) is 0 Å². The molecule has 0 saturated carbocycles. The molecule has 3 aliphatic rings. The van der Waals surface area contributed by atoms with Gasteiger partial charge >= 0.3 is 17.1 Å². The minimum Gasteiger partial charge on any atom is -0.424 e. The van der Waals surface area contributed by atoms with Crippen molar-refractivity contribution in [2.24, 2.45) is 0 Å². The van der Waals surface area contributed by atoms with Crippen molar-refractivity contribution in [1.29, 1.82) is 0 Å². The van der Waals surface area contributed by atoms with Crippen molar-refractivity contribution >= 4 is 0 Å². The molecule has 3 aliphatic carbocycles. The summed E-state index contributed by atoms with van der Waals surface area (Å²) in [6.45, 7) is 5.43. The Bertz CT molecular complexity index is 1330. The van der Waals surface area contributed by atoms with Gasteiger partial charge < -0.3 is 15.6 Å². The van der Waals surface area contributed by atoms with Crippen LogP contribution in [-0.2, 0) is 55.6 Å². The summed E-state index contributed by atoms with van der Waals surface area (Å²) in [5, 5.41) is 27.9. The van der Waals surface area contributed by atoms with E-state index in [1.54, 1.807) is 0 Å². The number of aryl methyl sites for hydroxylation is 3. The summed E-state index contributed by atoms with van der Waals surface area (Å²) in [5.74, 6) is 0. The number of rotatable bonds is 0. The van der Waals surface area contributed by atoms with Gasteiger partial charge in [-0.15, -0.1) is 14.2 Å². The molecule has 0 spiro atoms. The van der Waals surface area contributed by atoms with Gasteiger partial charge in [-0.05, 0) is 95.2 Å². The molecule has 12 nitrogen and oxygen atoms in total. The summed E-state index contributed by atoms with van der Waals surface area (Å²) in [7, 11) is 0. The Hall–Kier alpha value is -3.44. The van der Waals surface area contributed by atoms with Crippen LogP contribution >= 0.6 is 0 Å². The zero-order valence-electron chi connectivity index (χ0n) is 21.0. The van der Waals surface area contributed by atoms with Gasteiger partial charge in [0.15, 0.2) is 0 Å². The molecule has 0 saturated heterocycles. The molecule has 0 unspecified atom stereocenters. The molecule has 0 aromatic carbocycles. The first kappa shape index (κ1) is 28.1. The Labute approximate surface area is 222 Å². The monoisotopic (exact) mass is 554 g/mol. The van der Waals surface area contributed by atoms with E-state index in [0.717, 1.165) is 109 Å². The fourth-order valence-corrected chi connectivity index (χ4v) is 5.18. The number of hydrogen-bond donors (Lipinski definition) is 3. The smallest absolute Gasteiger partial charge is 0.380 e. The van der Waals surface area contributed by atoms with E-state index < -0.39 is 17.1 Å². The Balaban J connectivity index is 0.000000152. The molecule has 0 bridgehead atoms. The zero-order valence-corrected chi connectivity index (χ0v) is 22.1. The van der Waals surface area contributed by atoms with Gasteiger partial charge in [0.05, 0.1) is 17.1 Å². The molecule has 3 aromatic heterocycles. The Morgan fingerprint density at radius 1 is 0.514 bits per heavy atom. The van der Waals surface area contributed by atoms with Crippen molar-refractivity contribution in [3.05, 3.63) is 82.3 Å². The first-order valence-corrected chi connectivity index (χ1v) is 12.0. The molecular formula is C24H30FeN6O6. The van der Waals surface area contributed by atoms with E-state index in [9.17, 15) is 30.0 Å². The summed E-state index contributed by atoms with van der Waals surface area (Å²) in [6, 6.07) is 0. The van der Waals surface area contributed by atoms with Crippen LogP contribution in [0.25, 0.3) is 0 Å². The van der Waals surface area contributed by atoms with E-state index >= 15 is 0 Å². The quantitative estimate of drug-likeness (QED) is 0.270. The molecule has 3 heterocycles. The third-order valence-corrected chi connectivity index (χ3v) is 6.98. The van der Waals surface area contributed by atoms with Gasteiger partial charge in [0.2, 0.25) is 0 Å². The third-order valence-electron chi connectivity index (χ3n) is 6.98. The molecule has 0 aliphatic heterocycles. The van der Waals surface area contributed by atoms with Crippen LogP contribution in [0.2, 0.25) is 0 Å². The van der Waals surface area contributed by atoms with Crippen LogP contribution in [0.3, 0.4) is 0 Å². The number of nitrogens with zero attached hydrogens (tertiary/aromatic N) is 6. The Morgan fingerprint density at radius 3 is 1.00 bits per heavy atom. The summed E-state index contributed by atoms with van der Waals surface area (Å²) >= 11 is 0. The molecule has 0 radical (unpaired) electrons. The minimum absolute atomic E-state index is 0. The van der Waals surface area contributed by atoms with Crippen molar-refractivity contribution in [3.63, 3.8) is 0 Å². The molecule has 0 fully saturated rings. The van der Waals surface area contributed by atoms with Gasteiger partial charge in [-0.2, -0.15) is 15.0 Å². The molecular weight excluding hydrogens is 524 g/mol. The molecule has 0 amide bonds. The van der Waals surface area contributed by atoms with E-state index in [1.807, 2.05) is 20.8 Å². The molecule has 37 heavy (non-hydrogen) atoms. The van der Waals surface area contributed by atoms with Gasteiger partial charge in [0.25, 0.3) is 0 Å². The van der Waals surface area contributed by atoms with Crippen molar-refractivity contribution in [3.8, 4) is 0 Å². The Morgan fingerprint density at radius 2 is 0.757 bits per heavy atom.